The van der Waals surface area contributed by atoms with Gasteiger partial charge in [-0.2, -0.15) is 0 Å². The van der Waals surface area contributed by atoms with Crippen LogP contribution in [0.25, 0.3) is 0 Å². The molecule has 0 radical (unpaired) electrons. The molecule has 0 aromatic carbocycles. The molecule has 2 aliphatic carbocycles. The zero-order valence-corrected chi connectivity index (χ0v) is 5.35. The summed E-state index contributed by atoms with van der Waals surface area (Å²) in [5.41, 5.74) is 0.653. The van der Waals surface area contributed by atoms with E-state index < -0.39 is 0 Å². The first-order chi connectivity index (χ1) is 3.81. The van der Waals surface area contributed by atoms with Gasteiger partial charge in [0.1, 0.15) is 0 Å². The maximum Gasteiger partial charge on any atom is -0.00838 e. The summed E-state index contributed by atoms with van der Waals surface area (Å²) in [6.07, 6.45) is 8.99. The van der Waals surface area contributed by atoms with Gasteiger partial charge in [0.2, 0.25) is 0 Å². The summed E-state index contributed by atoms with van der Waals surface area (Å²) in [7, 11) is 0. The molecule has 0 N–H and O–H groups in total. The van der Waals surface area contributed by atoms with E-state index >= 15 is 0 Å². The van der Waals surface area contributed by atoms with Crippen LogP contribution in [0.4, 0.5) is 0 Å². The Labute approximate surface area is 50.6 Å². The second kappa shape index (κ2) is 1.18. The average molecular weight is 108 g/mol. The van der Waals surface area contributed by atoms with Gasteiger partial charge >= 0.3 is 0 Å². The molecule has 0 aromatic heterocycles. The molecule has 2 rings (SSSR count). The van der Waals surface area contributed by atoms with Gasteiger partial charge in [-0.05, 0) is 30.6 Å². The molecule has 1 atom stereocenters. The van der Waals surface area contributed by atoms with Crippen molar-refractivity contribution in [2.24, 2.45) is 11.3 Å². The molecule has 0 heteroatoms. The highest BCUT2D eigenvalue weighted by Gasteiger charge is 2.41. The van der Waals surface area contributed by atoms with Crippen LogP contribution in [0.1, 0.15) is 26.2 Å². The van der Waals surface area contributed by atoms with Crippen LogP contribution < -0.4 is 0 Å². The van der Waals surface area contributed by atoms with Crippen LogP contribution in [-0.4, -0.2) is 0 Å². The van der Waals surface area contributed by atoms with Crippen LogP contribution >= 0.6 is 0 Å². The zero-order valence-electron chi connectivity index (χ0n) is 5.35. The minimum atomic E-state index is 0.653. The summed E-state index contributed by atoms with van der Waals surface area (Å²) in [6, 6.07) is 0. The Kier molecular flexibility index (Phi) is 0.677. The minimum Gasteiger partial charge on any atom is -0.0871 e. The Morgan fingerprint density at radius 2 is 2.12 bits per heavy atom. The first kappa shape index (κ1) is 4.60. The fraction of sp³-hybridized carbons (Fsp3) is 0.750. The highest BCUT2D eigenvalue weighted by Crippen LogP contribution is 2.52. The summed E-state index contributed by atoms with van der Waals surface area (Å²) >= 11 is 0. The predicted octanol–water partition coefficient (Wildman–Crippen LogP) is 2.36. The third kappa shape index (κ3) is 0.460. The van der Waals surface area contributed by atoms with Crippen LogP contribution in [-0.2, 0) is 0 Å². The highest BCUT2D eigenvalue weighted by molar-refractivity contribution is 5.15. The maximum absolute atomic E-state index is 2.38. The minimum absolute atomic E-state index is 0.653. The van der Waals surface area contributed by atoms with Crippen molar-refractivity contribution in [3.63, 3.8) is 0 Å². The van der Waals surface area contributed by atoms with Gasteiger partial charge in [-0.15, -0.1) is 0 Å². The molecule has 1 saturated carbocycles. The van der Waals surface area contributed by atoms with Gasteiger partial charge < -0.3 is 0 Å². The van der Waals surface area contributed by atoms with Gasteiger partial charge in [0.25, 0.3) is 0 Å². The van der Waals surface area contributed by atoms with Gasteiger partial charge in [-0.25, -0.2) is 0 Å². The normalized spacial score (nSPS) is 44.1. The summed E-state index contributed by atoms with van der Waals surface area (Å²) < 4.78 is 0. The maximum atomic E-state index is 2.38. The summed E-state index contributed by atoms with van der Waals surface area (Å²) in [5.74, 6) is 1.06. The Bertz CT molecular complexity index is 131. The molecule has 2 aliphatic rings. The van der Waals surface area contributed by atoms with E-state index in [4.69, 9.17) is 0 Å². The van der Waals surface area contributed by atoms with Crippen molar-refractivity contribution < 1.29 is 0 Å². The Morgan fingerprint density at radius 3 is 2.25 bits per heavy atom. The second-order valence-corrected chi connectivity index (χ2v) is 3.39. The molecule has 0 bridgehead atoms. The summed E-state index contributed by atoms with van der Waals surface area (Å²) in [6.45, 7) is 2.38. The first-order valence-electron chi connectivity index (χ1n) is 3.49. The van der Waals surface area contributed by atoms with E-state index in [2.05, 4.69) is 19.1 Å². The van der Waals surface area contributed by atoms with Gasteiger partial charge in [-0.1, -0.05) is 19.1 Å². The van der Waals surface area contributed by atoms with Crippen molar-refractivity contribution in [3.05, 3.63) is 12.2 Å². The second-order valence-electron chi connectivity index (χ2n) is 3.39. The molecule has 0 nitrogen and oxygen atoms in total. The van der Waals surface area contributed by atoms with E-state index in [0.29, 0.717) is 5.41 Å². The lowest BCUT2D eigenvalue weighted by Gasteiger charge is -2.31. The lowest BCUT2D eigenvalue weighted by molar-refractivity contribution is 0.335. The van der Waals surface area contributed by atoms with Gasteiger partial charge in [-0.3, -0.25) is 0 Å². The third-order valence-electron chi connectivity index (χ3n) is 2.57. The molecular formula is C8H12. The number of hydrogen-bond donors (Lipinski definition) is 0. The van der Waals surface area contributed by atoms with Crippen molar-refractivity contribution >= 4 is 0 Å². The third-order valence-corrected chi connectivity index (χ3v) is 2.57. The number of hydrogen-bond acceptors (Lipinski definition) is 0. The zero-order chi connectivity index (χ0) is 5.61. The lowest BCUT2D eigenvalue weighted by atomic mass is 9.74. The molecule has 0 spiro atoms. The smallest absolute Gasteiger partial charge is 0.00838 e. The predicted molar refractivity (Wildman–Crippen MR) is 34.6 cm³/mol. The Morgan fingerprint density at radius 1 is 1.50 bits per heavy atom. The largest absolute Gasteiger partial charge is 0.0871 e. The number of allylic oxidation sites excluding steroid dienone is 2. The number of rotatable bonds is 1. The van der Waals surface area contributed by atoms with Crippen LogP contribution in [0.2, 0.25) is 0 Å². The van der Waals surface area contributed by atoms with Gasteiger partial charge in [0.15, 0.2) is 0 Å². The molecular weight excluding hydrogens is 96.1 g/mol. The first-order valence-corrected chi connectivity index (χ1v) is 3.49. The van der Waals surface area contributed by atoms with Crippen molar-refractivity contribution in [1.29, 1.82) is 0 Å². The van der Waals surface area contributed by atoms with E-state index in [1.807, 2.05) is 0 Å². The van der Waals surface area contributed by atoms with Crippen LogP contribution in [0.15, 0.2) is 12.2 Å². The molecule has 0 saturated heterocycles. The van der Waals surface area contributed by atoms with E-state index in [-0.39, 0.29) is 0 Å². The van der Waals surface area contributed by atoms with Crippen molar-refractivity contribution in [2.45, 2.75) is 26.2 Å². The fourth-order valence-corrected chi connectivity index (χ4v) is 1.54. The Hall–Kier alpha value is -0.260. The molecule has 0 heterocycles. The van der Waals surface area contributed by atoms with Gasteiger partial charge in [0, 0.05) is 0 Å². The SMILES string of the molecule is CC1(C2CC2)C=CC1. The standard InChI is InChI=1S/C8H12/c1-8(5-2-6-8)7-3-4-7/h2,5,7H,3-4,6H2,1H3. The summed E-state index contributed by atoms with van der Waals surface area (Å²) in [4.78, 5) is 0. The molecule has 44 valence electrons. The van der Waals surface area contributed by atoms with E-state index in [0.717, 1.165) is 5.92 Å². The molecule has 8 heavy (non-hydrogen) atoms. The van der Waals surface area contributed by atoms with Crippen LogP contribution in [0.3, 0.4) is 0 Å². The van der Waals surface area contributed by atoms with Crippen molar-refractivity contribution in [2.75, 3.05) is 0 Å². The molecule has 1 fully saturated rings. The van der Waals surface area contributed by atoms with Crippen molar-refractivity contribution in [1.82, 2.24) is 0 Å². The van der Waals surface area contributed by atoms with Crippen LogP contribution in [0, 0.1) is 11.3 Å². The van der Waals surface area contributed by atoms with Crippen LogP contribution in [0.5, 0.6) is 0 Å². The molecule has 1 unspecified atom stereocenters. The quantitative estimate of drug-likeness (QED) is 0.452. The lowest BCUT2D eigenvalue weighted by Crippen LogP contribution is -2.20. The van der Waals surface area contributed by atoms with E-state index in [1.54, 1.807) is 0 Å². The fourth-order valence-electron chi connectivity index (χ4n) is 1.54. The molecule has 0 amide bonds. The summed E-state index contributed by atoms with van der Waals surface area (Å²) in [5, 5.41) is 0. The molecule has 0 aliphatic heterocycles. The van der Waals surface area contributed by atoms with Crippen molar-refractivity contribution in [3.8, 4) is 0 Å². The Balaban J connectivity index is 2.11. The topological polar surface area (TPSA) is 0 Å². The highest BCUT2D eigenvalue weighted by atomic mass is 14.5. The van der Waals surface area contributed by atoms with E-state index in [9.17, 15) is 0 Å². The van der Waals surface area contributed by atoms with Gasteiger partial charge in [0.05, 0.1) is 0 Å². The van der Waals surface area contributed by atoms with E-state index in [1.165, 1.54) is 19.3 Å². The average Bonchev–Trinajstić information content (AvgIpc) is 2.38. The molecule has 0 aromatic rings. The monoisotopic (exact) mass is 108 g/mol.